The van der Waals surface area contributed by atoms with Crippen LogP contribution in [0, 0.1) is 5.82 Å². The molecule has 4 rings (SSSR count). The Bertz CT molecular complexity index is 980. The van der Waals surface area contributed by atoms with Gasteiger partial charge in [-0.15, -0.1) is 0 Å². The van der Waals surface area contributed by atoms with Crippen molar-refractivity contribution >= 4 is 5.91 Å². The lowest BCUT2D eigenvalue weighted by Gasteiger charge is -2.37. The van der Waals surface area contributed by atoms with Crippen LogP contribution in [0.2, 0.25) is 0 Å². The number of amides is 1. The van der Waals surface area contributed by atoms with Crippen LogP contribution in [0.5, 0.6) is 5.75 Å². The molecule has 0 spiro atoms. The Morgan fingerprint density at radius 3 is 2.48 bits per heavy atom. The number of piperidine rings is 1. The Morgan fingerprint density at radius 1 is 1.06 bits per heavy atom. The Kier molecular flexibility index (Phi) is 6.67. The summed E-state index contributed by atoms with van der Waals surface area (Å²) in [7, 11) is 2.11. The molecule has 162 valence electrons. The summed E-state index contributed by atoms with van der Waals surface area (Å²) in [4.78, 5) is 17.6. The van der Waals surface area contributed by atoms with Crippen LogP contribution in [-0.2, 0) is 13.2 Å². The van der Waals surface area contributed by atoms with Crippen molar-refractivity contribution in [3.8, 4) is 5.75 Å². The first-order valence-corrected chi connectivity index (χ1v) is 10.6. The van der Waals surface area contributed by atoms with E-state index in [2.05, 4.69) is 11.9 Å². The van der Waals surface area contributed by atoms with Crippen molar-refractivity contribution in [1.82, 2.24) is 9.80 Å². The van der Waals surface area contributed by atoms with Gasteiger partial charge >= 0.3 is 0 Å². The number of ether oxygens (including phenoxy) is 1. The fourth-order valence-corrected chi connectivity index (χ4v) is 3.85. The van der Waals surface area contributed by atoms with Gasteiger partial charge in [-0.25, -0.2) is 4.39 Å². The van der Waals surface area contributed by atoms with E-state index in [1.165, 1.54) is 12.1 Å². The molecule has 1 aliphatic rings. The highest BCUT2D eigenvalue weighted by molar-refractivity contribution is 5.91. The molecule has 3 aromatic rings. The van der Waals surface area contributed by atoms with Crippen molar-refractivity contribution in [2.45, 2.75) is 32.0 Å². The number of nitrogens with zero attached hydrogens (tertiary/aromatic N) is 2. The molecule has 2 aromatic carbocycles. The summed E-state index contributed by atoms with van der Waals surface area (Å²) in [5.74, 6) is 0.989. The highest BCUT2D eigenvalue weighted by Crippen LogP contribution is 2.23. The summed E-state index contributed by atoms with van der Waals surface area (Å²) in [5.41, 5.74) is 1.10. The Labute approximate surface area is 182 Å². The molecule has 6 heteroatoms. The molecule has 31 heavy (non-hydrogen) atoms. The summed E-state index contributed by atoms with van der Waals surface area (Å²) >= 11 is 0. The smallest absolute Gasteiger partial charge is 0.290 e. The maximum atomic E-state index is 13.4. The van der Waals surface area contributed by atoms with Gasteiger partial charge in [-0.3, -0.25) is 4.79 Å². The fourth-order valence-electron chi connectivity index (χ4n) is 3.85. The zero-order chi connectivity index (χ0) is 21.6. The van der Waals surface area contributed by atoms with Crippen LogP contribution in [0.1, 0.15) is 34.7 Å². The van der Waals surface area contributed by atoms with Crippen LogP contribution >= 0.6 is 0 Å². The van der Waals surface area contributed by atoms with Gasteiger partial charge in [0.15, 0.2) is 5.76 Å². The number of carbonyl (C=O) groups excluding carboxylic acids is 1. The zero-order valence-corrected chi connectivity index (χ0v) is 17.7. The quantitative estimate of drug-likeness (QED) is 0.552. The second kappa shape index (κ2) is 9.79. The molecular weight excluding hydrogens is 395 g/mol. The van der Waals surface area contributed by atoms with Crippen molar-refractivity contribution in [3.63, 3.8) is 0 Å². The molecule has 1 saturated heterocycles. The first-order chi connectivity index (χ1) is 15.1. The summed E-state index contributed by atoms with van der Waals surface area (Å²) in [6, 6.07) is 19.5. The summed E-state index contributed by atoms with van der Waals surface area (Å²) in [6.07, 6.45) is 1.88. The van der Waals surface area contributed by atoms with Crippen LogP contribution in [0.25, 0.3) is 0 Å². The molecule has 1 aliphatic heterocycles. The molecule has 0 bridgehead atoms. The van der Waals surface area contributed by atoms with Crippen LogP contribution in [0.15, 0.2) is 71.1 Å². The lowest BCUT2D eigenvalue weighted by atomic mass is 10.0. The number of rotatable bonds is 7. The van der Waals surface area contributed by atoms with Crippen molar-refractivity contribution in [2.75, 3.05) is 20.1 Å². The SMILES string of the molecule is CN1CCC(N(Cc2ccccc2)C(=O)c2ccc(COc3ccc(F)cc3)o2)CC1. The molecule has 0 saturated carbocycles. The van der Waals surface area contributed by atoms with Gasteiger partial charge in [0.2, 0.25) is 0 Å². The first kappa shape index (κ1) is 21.1. The predicted octanol–water partition coefficient (Wildman–Crippen LogP) is 4.73. The third-order valence-corrected chi connectivity index (χ3v) is 5.65. The number of furan rings is 1. The minimum Gasteiger partial charge on any atom is -0.486 e. The van der Waals surface area contributed by atoms with Crippen molar-refractivity contribution in [2.24, 2.45) is 0 Å². The van der Waals surface area contributed by atoms with Gasteiger partial charge in [-0.05, 0) is 74.9 Å². The second-order valence-electron chi connectivity index (χ2n) is 7.96. The summed E-state index contributed by atoms with van der Waals surface area (Å²) in [6.45, 7) is 2.66. The van der Waals surface area contributed by atoms with E-state index in [-0.39, 0.29) is 24.4 Å². The van der Waals surface area contributed by atoms with Crippen LogP contribution < -0.4 is 4.74 Å². The van der Waals surface area contributed by atoms with E-state index in [4.69, 9.17) is 9.15 Å². The van der Waals surface area contributed by atoms with E-state index in [0.29, 0.717) is 23.8 Å². The number of hydrogen-bond donors (Lipinski definition) is 0. The predicted molar refractivity (Wildman–Crippen MR) is 116 cm³/mol. The highest BCUT2D eigenvalue weighted by atomic mass is 19.1. The monoisotopic (exact) mass is 422 g/mol. The van der Waals surface area contributed by atoms with E-state index in [9.17, 15) is 9.18 Å². The molecule has 1 aromatic heterocycles. The molecule has 0 aliphatic carbocycles. The van der Waals surface area contributed by atoms with Gasteiger partial charge in [0.05, 0.1) is 0 Å². The topological polar surface area (TPSA) is 45.9 Å². The Balaban J connectivity index is 1.46. The third kappa shape index (κ3) is 5.52. The molecule has 5 nitrogen and oxygen atoms in total. The van der Waals surface area contributed by atoms with E-state index in [1.807, 2.05) is 35.2 Å². The molecule has 1 fully saturated rings. The molecule has 0 radical (unpaired) electrons. The van der Waals surface area contributed by atoms with Gasteiger partial charge in [0.25, 0.3) is 5.91 Å². The lowest BCUT2D eigenvalue weighted by molar-refractivity contribution is 0.0534. The number of halogens is 1. The van der Waals surface area contributed by atoms with Gasteiger partial charge in [-0.1, -0.05) is 30.3 Å². The lowest BCUT2D eigenvalue weighted by Crippen LogP contribution is -2.46. The van der Waals surface area contributed by atoms with Crippen LogP contribution in [-0.4, -0.2) is 41.9 Å². The Hall–Kier alpha value is -3.12. The minimum atomic E-state index is -0.314. The molecule has 0 N–H and O–H groups in total. The minimum absolute atomic E-state index is 0.105. The maximum absolute atomic E-state index is 13.4. The number of benzene rings is 2. The maximum Gasteiger partial charge on any atom is 0.290 e. The molecule has 1 amide bonds. The van der Waals surface area contributed by atoms with E-state index >= 15 is 0 Å². The van der Waals surface area contributed by atoms with Crippen molar-refractivity contribution in [1.29, 1.82) is 0 Å². The fraction of sp³-hybridized carbons (Fsp3) is 0.320. The molecule has 0 atom stereocenters. The molecule has 2 heterocycles. The van der Waals surface area contributed by atoms with Gasteiger partial charge in [-0.2, -0.15) is 0 Å². The average Bonchev–Trinajstić information content (AvgIpc) is 3.27. The van der Waals surface area contributed by atoms with Crippen molar-refractivity contribution in [3.05, 3.63) is 89.6 Å². The van der Waals surface area contributed by atoms with E-state index < -0.39 is 0 Å². The average molecular weight is 423 g/mol. The summed E-state index contributed by atoms with van der Waals surface area (Å²) in [5, 5.41) is 0. The second-order valence-corrected chi connectivity index (χ2v) is 7.96. The first-order valence-electron chi connectivity index (χ1n) is 10.6. The standard InChI is InChI=1S/C25H27FN2O3/c1-27-15-13-21(14-16-27)28(17-19-5-3-2-4-6-19)25(29)24-12-11-23(31-24)18-30-22-9-7-20(26)8-10-22/h2-12,21H,13-18H2,1H3. The van der Waals surface area contributed by atoms with Crippen LogP contribution in [0.3, 0.4) is 0 Å². The van der Waals surface area contributed by atoms with E-state index in [1.54, 1.807) is 24.3 Å². The zero-order valence-electron chi connectivity index (χ0n) is 17.7. The molecular formula is C25H27FN2O3. The normalized spacial score (nSPS) is 15.0. The van der Waals surface area contributed by atoms with Gasteiger partial charge in [0, 0.05) is 12.6 Å². The number of hydrogen-bond acceptors (Lipinski definition) is 4. The van der Waals surface area contributed by atoms with E-state index in [0.717, 1.165) is 31.5 Å². The highest BCUT2D eigenvalue weighted by Gasteiger charge is 2.29. The van der Waals surface area contributed by atoms with Gasteiger partial charge in [0.1, 0.15) is 23.9 Å². The summed E-state index contributed by atoms with van der Waals surface area (Å²) < 4.78 is 24.5. The van der Waals surface area contributed by atoms with Gasteiger partial charge < -0.3 is 19.0 Å². The Morgan fingerprint density at radius 2 is 1.77 bits per heavy atom. The van der Waals surface area contributed by atoms with Crippen molar-refractivity contribution < 1.29 is 18.3 Å². The number of likely N-dealkylation sites (tertiary alicyclic amines) is 1. The largest absolute Gasteiger partial charge is 0.486 e. The molecule has 0 unspecified atom stereocenters. The third-order valence-electron chi connectivity index (χ3n) is 5.65. The van der Waals surface area contributed by atoms with Crippen LogP contribution in [0.4, 0.5) is 4.39 Å². The number of carbonyl (C=O) groups is 1.